The summed E-state index contributed by atoms with van der Waals surface area (Å²) < 4.78 is 5.80. The van der Waals surface area contributed by atoms with E-state index in [1.807, 2.05) is 19.1 Å². The molecule has 2 saturated carbocycles. The number of rotatable bonds is 5. The first-order valence-corrected chi connectivity index (χ1v) is 9.00. The molecule has 0 aliphatic heterocycles. The number of hydrogen-bond acceptors (Lipinski definition) is 3. The van der Waals surface area contributed by atoms with Gasteiger partial charge in [-0.1, -0.05) is 25.5 Å². The topological polar surface area (TPSA) is 39.2 Å². The second-order valence-electron chi connectivity index (χ2n) is 7.11. The Balaban J connectivity index is 1.43. The van der Waals surface area contributed by atoms with Crippen molar-refractivity contribution in [2.24, 2.45) is 11.8 Å². The Kier molecular flexibility index (Phi) is 4.09. The average molecular weight is 321 g/mol. The molecule has 0 radical (unpaired) electrons. The Morgan fingerprint density at radius 1 is 1.12 bits per heavy atom. The van der Waals surface area contributed by atoms with Gasteiger partial charge in [-0.25, -0.2) is 4.98 Å². The molecule has 2 aliphatic rings. The van der Waals surface area contributed by atoms with E-state index in [0.29, 0.717) is 17.9 Å². The van der Waals surface area contributed by atoms with Crippen molar-refractivity contribution in [2.75, 3.05) is 0 Å². The van der Waals surface area contributed by atoms with Crippen LogP contribution >= 0.6 is 0 Å². The Hall–Kier alpha value is -2.16. The quantitative estimate of drug-likeness (QED) is 0.695. The van der Waals surface area contributed by atoms with Crippen molar-refractivity contribution in [3.05, 3.63) is 53.7 Å². The monoisotopic (exact) mass is 321 g/mol. The highest BCUT2D eigenvalue weighted by atomic mass is 16.5. The molecule has 3 unspecified atom stereocenters. The van der Waals surface area contributed by atoms with E-state index in [9.17, 15) is 4.79 Å². The fraction of sp³-hybridized carbons (Fsp3) is 0.429. The van der Waals surface area contributed by atoms with Gasteiger partial charge in [0, 0.05) is 24.2 Å². The number of carbonyl (C=O) groups is 1. The van der Waals surface area contributed by atoms with Gasteiger partial charge >= 0.3 is 0 Å². The van der Waals surface area contributed by atoms with E-state index in [1.165, 1.54) is 31.2 Å². The van der Waals surface area contributed by atoms with Crippen LogP contribution in [0.5, 0.6) is 11.6 Å². The molecule has 24 heavy (non-hydrogen) atoms. The molecule has 1 aromatic heterocycles. The molecule has 3 atom stereocenters. The largest absolute Gasteiger partial charge is 0.439 e. The number of hydrogen-bond donors (Lipinski definition) is 0. The molecule has 2 fully saturated rings. The minimum atomic E-state index is 0.101. The van der Waals surface area contributed by atoms with Gasteiger partial charge in [0.1, 0.15) is 5.75 Å². The fourth-order valence-electron chi connectivity index (χ4n) is 4.37. The van der Waals surface area contributed by atoms with Crippen LogP contribution in [0, 0.1) is 11.8 Å². The molecule has 2 aromatic rings. The molecule has 3 nitrogen and oxygen atoms in total. The third-order valence-corrected chi connectivity index (χ3v) is 5.65. The normalized spacial score (nSPS) is 25.0. The van der Waals surface area contributed by atoms with Crippen molar-refractivity contribution in [1.82, 2.24) is 4.98 Å². The maximum absolute atomic E-state index is 11.6. The van der Waals surface area contributed by atoms with Crippen molar-refractivity contribution in [3.63, 3.8) is 0 Å². The standard InChI is InChI=1S/C21H23NO2/c1-2-20(23)17-7-10-21(22-13-17)24-18-8-5-15(6-9-18)19-12-14-3-4-16(19)11-14/h5-10,13-14,16,19H,2-4,11-12H2,1H3. The molecule has 4 rings (SSSR count). The first-order valence-electron chi connectivity index (χ1n) is 9.00. The lowest BCUT2D eigenvalue weighted by molar-refractivity contribution is 0.0988. The average Bonchev–Trinajstić information content (AvgIpc) is 3.26. The van der Waals surface area contributed by atoms with E-state index in [1.54, 1.807) is 18.3 Å². The molecule has 0 amide bonds. The Morgan fingerprint density at radius 3 is 2.54 bits per heavy atom. The van der Waals surface area contributed by atoms with Gasteiger partial charge in [-0.3, -0.25) is 4.79 Å². The number of ketones is 1. The molecule has 1 heterocycles. The zero-order valence-corrected chi connectivity index (χ0v) is 14.1. The van der Waals surface area contributed by atoms with E-state index < -0.39 is 0 Å². The van der Waals surface area contributed by atoms with Crippen LogP contribution in [0.2, 0.25) is 0 Å². The molecular weight excluding hydrogens is 298 g/mol. The number of aromatic nitrogens is 1. The zero-order valence-electron chi connectivity index (χ0n) is 14.1. The van der Waals surface area contributed by atoms with Gasteiger partial charge in [0.05, 0.1) is 0 Å². The molecule has 3 heteroatoms. The second-order valence-corrected chi connectivity index (χ2v) is 7.11. The van der Waals surface area contributed by atoms with E-state index in [4.69, 9.17) is 4.74 Å². The van der Waals surface area contributed by atoms with Crippen molar-refractivity contribution in [3.8, 4) is 11.6 Å². The number of carbonyl (C=O) groups excluding carboxylic acids is 1. The second kappa shape index (κ2) is 6.39. The van der Waals surface area contributed by atoms with E-state index in [-0.39, 0.29) is 5.78 Å². The van der Waals surface area contributed by atoms with Gasteiger partial charge in [0.15, 0.2) is 5.78 Å². The number of fused-ring (bicyclic) bond motifs is 2. The Morgan fingerprint density at radius 2 is 1.96 bits per heavy atom. The molecule has 0 saturated heterocycles. The maximum Gasteiger partial charge on any atom is 0.219 e. The van der Waals surface area contributed by atoms with Gasteiger partial charge in [-0.2, -0.15) is 0 Å². The van der Waals surface area contributed by atoms with E-state index in [2.05, 4.69) is 17.1 Å². The number of nitrogens with zero attached hydrogens (tertiary/aromatic N) is 1. The Labute approximate surface area is 143 Å². The summed E-state index contributed by atoms with van der Waals surface area (Å²) in [5.41, 5.74) is 2.09. The van der Waals surface area contributed by atoms with Crippen LogP contribution in [0.1, 0.15) is 60.9 Å². The van der Waals surface area contributed by atoms with Crippen molar-refractivity contribution in [1.29, 1.82) is 0 Å². The maximum atomic E-state index is 11.6. The van der Waals surface area contributed by atoms with Crippen LogP contribution in [-0.4, -0.2) is 10.8 Å². The minimum Gasteiger partial charge on any atom is -0.439 e. The van der Waals surface area contributed by atoms with E-state index in [0.717, 1.165) is 23.5 Å². The highest BCUT2D eigenvalue weighted by Crippen LogP contribution is 2.52. The van der Waals surface area contributed by atoms with Crippen LogP contribution in [0.15, 0.2) is 42.6 Å². The van der Waals surface area contributed by atoms with Gasteiger partial charge < -0.3 is 4.74 Å². The summed E-state index contributed by atoms with van der Waals surface area (Å²) in [5, 5.41) is 0. The molecule has 124 valence electrons. The van der Waals surface area contributed by atoms with E-state index >= 15 is 0 Å². The molecule has 0 N–H and O–H groups in total. The highest BCUT2D eigenvalue weighted by Gasteiger charge is 2.39. The van der Waals surface area contributed by atoms with Crippen LogP contribution in [0.4, 0.5) is 0 Å². The predicted octanol–water partition coefficient (Wildman–Crippen LogP) is 5.37. The number of Topliss-reactive ketones (excluding diaryl/α,β-unsaturated/α-hetero) is 1. The van der Waals surface area contributed by atoms with Crippen LogP contribution in [0.25, 0.3) is 0 Å². The summed E-state index contributed by atoms with van der Waals surface area (Å²) in [6.07, 6.45) is 7.71. The predicted molar refractivity (Wildman–Crippen MR) is 93.6 cm³/mol. The van der Waals surface area contributed by atoms with Crippen molar-refractivity contribution >= 4 is 5.78 Å². The number of ether oxygens (including phenoxy) is 1. The van der Waals surface area contributed by atoms with Crippen molar-refractivity contribution < 1.29 is 9.53 Å². The molecule has 1 aromatic carbocycles. The zero-order chi connectivity index (χ0) is 16.5. The first kappa shape index (κ1) is 15.4. The Bertz CT molecular complexity index is 721. The van der Waals surface area contributed by atoms with Crippen LogP contribution < -0.4 is 4.74 Å². The summed E-state index contributed by atoms with van der Waals surface area (Å²) in [5.74, 6) is 4.02. The summed E-state index contributed by atoms with van der Waals surface area (Å²) in [6.45, 7) is 1.85. The van der Waals surface area contributed by atoms with Gasteiger partial charge in [-0.15, -0.1) is 0 Å². The molecule has 2 aliphatic carbocycles. The molecule has 2 bridgehead atoms. The molecular formula is C21H23NO2. The summed E-state index contributed by atoms with van der Waals surface area (Å²) in [4.78, 5) is 15.9. The third-order valence-electron chi connectivity index (χ3n) is 5.65. The lowest BCUT2D eigenvalue weighted by Crippen LogP contribution is -2.08. The van der Waals surface area contributed by atoms with Crippen LogP contribution in [-0.2, 0) is 0 Å². The number of pyridine rings is 1. The third kappa shape index (κ3) is 2.95. The van der Waals surface area contributed by atoms with Crippen LogP contribution in [0.3, 0.4) is 0 Å². The summed E-state index contributed by atoms with van der Waals surface area (Å²) >= 11 is 0. The lowest BCUT2D eigenvalue weighted by Gasteiger charge is -2.22. The van der Waals surface area contributed by atoms with Gasteiger partial charge in [0.2, 0.25) is 5.88 Å². The van der Waals surface area contributed by atoms with Gasteiger partial charge in [-0.05, 0) is 60.8 Å². The summed E-state index contributed by atoms with van der Waals surface area (Å²) in [6, 6.07) is 12.0. The SMILES string of the molecule is CCC(=O)c1ccc(Oc2ccc(C3CC4CCC3C4)cc2)nc1. The lowest BCUT2D eigenvalue weighted by atomic mass is 9.83. The number of benzene rings is 1. The summed E-state index contributed by atoms with van der Waals surface area (Å²) in [7, 11) is 0. The van der Waals surface area contributed by atoms with Crippen molar-refractivity contribution in [2.45, 2.75) is 44.9 Å². The minimum absolute atomic E-state index is 0.101. The first-order chi connectivity index (χ1) is 11.7. The fourth-order valence-corrected chi connectivity index (χ4v) is 4.37. The van der Waals surface area contributed by atoms with Gasteiger partial charge in [0.25, 0.3) is 0 Å². The highest BCUT2D eigenvalue weighted by molar-refractivity contribution is 5.95. The molecule has 0 spiro atoms. The smallest absolute Gasteiger partial charge is 0.219 e.